The van der Waals surface area contributed by atoms with Gasteiger partial charge >= 0.3 is 0 Å². The fourth-order valence-electron chi connectivity index (χ4n) is 1.34. The average Bonchev–Trinajstić information content (AvgIpc) is 1.99. The lowest BCUT2D eigenvalue weighted by Gasteiger charge is -2.08. The summed E-state index contributed by atoms with van der Waals surface area (Å²) in [6.45, 7) is 0. The van der Waals surface area contributed by atoms with Gasteiger partial charge in [-0.25, -0.2) is 12.8 Å². The predicted octanol–water partition coefficient (Wildman–Crippen LogP) is 0.774. The molecule has 1 aromatic carbocycles. The Kier molecular flexibility index (Phi) is 3.82. The fourth-order valence-corrected chi connectivity index (χ4v) is 2.16. The van der Waals surface area contributed by atoms with Crippen LogP contribution in [0.2, 0.25) is 0 Å². The summed E-state index contributed by atoms with van der Waals surface area (Å²) in [7, 11) is -3.20. The lowest BCUT2D eigenvalue weighted by molar-refractivity contribution is 0.198. The zero-order valence-corrected chi connectivity index (χ0v) is 9.17. The maximum absolute atomic E-state index is 12.8. The molecule has 3 nitrogen and oxygen atoms in total. The summed E-state index contributed by atoms with van der Waals surface area (Å²) in [6.07, 6.45) is 0.217. The van der Waals surface area contributed by atoms with Crippen LogP contribution < -0.4 is 0 Å². The molecule has 1 N–H and O–H groups in total. The topological polar surface area (TPSA) is 54.4 Å². The molecule has 0 spiro atoms. The molecule has 0 saturated carbocycles. The Morgan fingerprint density at radius 3 is 2.67 bits per heavy atom. The molecule has 0 heterocycles. The van der Waals surface area contributed by atoms with Crippen LogP contribution >= 0.6 is 0 Å². The van der Waals surface area contributed by atoms with E-state index < -0.39 is 15.9 Å². The van der Waals surface area contributed by atoms with Gasteiger partial charge in [-0.2, -0.15) is 0 Å². The summed E-state index contributed by atoms with van der Waals surface area (Å²) in [5.41, 5.74) is 0.589. The third-order valence-electron chi connectivity index (χ3n) is 1.86. The van der Waals surface area contributed by atoms with Crippen molar-refractivity contribution < 1.29 is 17.9 Å². The SMILES string of the molecule is CS(=O)(=O)CC(O)Cc1cccc(F)c1. The van der Waals surface area contributed by atoms with Crippen molar-refractivity contribution in [1.29, 1.82) is 0 Å². The molecule has 84 valence electrons. The van der Waals surface area contributed by atoms with E-state index in [4.69, 9.17) is 0 Å². The normalized spacial score (nSPS) is 13.8. The number of halogens is 1. The van der Waals surface area contributed by atoms with Gasteiger partial charge in [0.05, 0.1) is 11.9 Å². The maximum atomic E-state index is 12.8. The molecule has 0 radical (unpaired) electrons. The summed E-state index contributed by atoms with van der Waals surface area (Å²) in [6, 6.07) is 5.75. The number of rotatable bonds is 4. The molecule has 0 aromatic heterocycles. The molecule has 0 aliphatic heterocycles. The highest BCUT2D eigenvalue weighted by Gasteiger charge is 2.12. The zero-order valence-electron chi connectivity index (χ0n) is 8.35. The minimum Gasteiger partial charge on any atom is -0.392 e. The molecule has 1 aromatic rings. The van der Waals surface area contributed by atoms with Gasteiger partial charge in [0, 0.05) is 6.26 Å². The first-order valence-corrected chi connectivity index (χ1v) is 6.53. The number of hydrogen-bond donors (Lipinski definition) is 1. The van der Waals surface area contributed by atoms with Gasteiger partial charge in [0.1, 0.15) is 15.7 Å². The molecule has 1 unspecified atom stereocenters. The first-order valence-electron chi connectivity index (χ1n) is 4.47. The van der Waals surface area contributed by atoms with Crippen LogP contribution in [0.5, 0.6) is 0 Å². The second kappa shape index (κ2) is 4.72. The first kappa shape index (κ1) is 12.1. The van der Waals surface area contributed by atoms with E-state index in [1.165, 1.54) is 18.2 Å². The highest BCUT2D eigenvalue weighted by Crippen LogP contribution is 2.07. The van der Waals surface area contributed by atoms with E-state index in [9.17, 15) is 17.9 Å². The van der Waals surface area contributed by atoms with Crippen LogP contribution in [0.25, 0.3) is 0 Å². The third kappa shape index (κ3) is 4.90. The minimum absolute atomic E-state index is 0.144. The summed E-state index contributed by atoms with van der Waals surface area (Å²) in [5.74, 6) is -0.692. The van der Waals surface area contributed by atoms with Crippen molar-refractivity contribution in [3.8, 4) is 0 Å². The molecule has 0 aliphatic carbocycles. The molecule has 0 amide bonds. The molecule has 1 rings (SSSR count). The second-order valence-electron chi connectivity index (χ2n) is 3.58. The number of hydrogen-bond acceptors (Lipinski definition) is 3. The largest absolute Gasteiger partial charge is 0.392 e. The lowest BCUT2D eigenvalue weighted by Crippen LogP contribution is -2.22. The Hall–Kier alpha value is -0.940. The average molecular weight is 232 g/mol. The molecular formula is C10H13FO3S. The molecule has 15 heavy (non-hydrogen) atoms. The molecular weight excluding hydrogens is 219 g/mol. The van der Waals surface area contributed by atoms with Gasteiger partial charge in [-0.1, -0.05) is 12.1 Å². The van der Waals surface area contributed by atoms with E-state index in [1.807, 2.05) is 0 Å². The Bertz CT molecular complexity index is 428. The molecule has 0 fully saturated rings. The maximum Gasteiger partial charge on any atom is 0.150 e. The van der Waals surface area contributed by atoms with E-state index in [-0.39, 0.29) is 18.0 Å². The third-order valence-corrected chi connectivity index (χ3v) is 2.85. The van der Waals surface area contributed by atoms with Gasteiger partial charge in [0.25, 0.3) is 0 Å². The Labute approximate surface area is 88.5 Å². The van der Waals surface area contributed by atoms with Crippen molar-refractivity contribution in [2.75, 3.05) is 12.0 Å². The van der Waals surface area contributed by atoms with Crippen molar-refractivity contribution in [3.63, 3.8) is 0 Å². The van der Waals surface area contributed by atoms with Gasteiger partial charge in [-0.15, -0.1) is 0 Å². The van der Waals surface area contributed by atoms with Crippen LogP contribution in [-0.4, -0.2) is 31.6 Å². The van der Waals surface area contributed by atoms with Crippen molar-refractivity contribution in [2.24, 2.45) is 0 Å². The summed E-state index contributed by atoms with van der Waals surface area (Å²) in [5, 5.41) is 9.43. The second-order valence-corrected chi connectivity index (χ2v) is 5.77. The number of sulfone groups is 1. The van der Waals surface area contributed by atoms with E-state index in [1.54, 1.807) is 6.07 Å². The van der Waals surface area contributed by atoms with E-state index in [0.717, 1.165) is 6.26 Å². The number of benzene rings is 1. The van der Waals surface area contributed by atoms with Gasteiger partial charge in [0.2, 0.25) is 0 Å². The van der Waals surface area contributed by atoms with Crippen LogP contribution in [0.4, 0.5) is 4.39 Å². The van der Waals surface area contributed by atoms with E-state index >= 15 is 0 Å². The van der Waals surface area contributed by atoms with Crippen LogP contribution in [0.3, 0.4) is 0 Å². The number of aliphatic hydroxyl groups excluding tert-OH is 1. The van der Waals surface area contributed by atoms with Gasteiger partial charge < -0.3 is 5.11 Å². The predicted molar refractivity (Wildman–Crippen MR) is 55.8 cm³/mol. The lowest BCUT2D eigenvalue weighted by atomic mass is 10.1. The first-order chi connectivity index (χ1) is 6.87. The Balaban J connectivity index is 2.63. The van der Waals surface area contributed by atoms with Crippen LogP contribution in [0, 0.1) is 5.82 Å². The zero-order chi connectivity index (χ0) is 11.5. The Morgan fingerprint density at radius 1 is 1.47 bits per heavy atom. The van der Waals surface area contributed by atoms with Crippen molar-refractivity contribution in [3.05, 3.63) is 35.6 Å². The molecule has 5 heteroatoms. The monoisotopic (exact) mass is 232 g/mol. The van der Waals surface area contributed by atoms with Crippen molar-refractivity contribution in [1.82, 2.24) is 0 Å². The van der Waals surface area contributed by atoms with Gasteiger partial charge in [0.15, 0.2) is 0 Å². The van der Waals surface area contributed by atoms with Crippen molar-refractivity contribution >= 4 is 9.84 Å². The summed E-state index contributed by atoms with van der Waals surface area (Å²) >= 11 is 0. The highest BCUT2D eigenvalue weighted by atomic mass is 32.2. The van der Waals surface area contributed by atoms with Crippen LogP contribution in [-0.2, 0) is 16.3 Å². The van der Waals surface area contributed by atoms with Gasteiger partial charge in [-0.05, 0) is 24.1 Å². The quantitative estimate of drug-likeness (QED) is 0.834. The van der Waals surface area contributed by atoms with Crippen LogP contribution in [0.15, 0.2) is 24.3 Å². The summed E-state index contributed by atoms with van der Waals surface area (Å²) in [4.78, 5) is 0. The standard InChI is InChI=1S/C10H13FO3S/c1-15(13,14)7-10(12)6-8-3-2-4-9(11)5-8/h2-5,10,12H,6-7H2,1H3. The Morgan fingerprint density at radius 2 is 2.13 bits per heavy atom. The van der Waals surface area contributed by atoms with Crippen LogP contribution in [0.1, 0.15) is 5.56 Å². The molecule has 1 atom stereocenters. The fraction of sp³-hybridized carbons (Fsp3) is 0.400. The number of aliphatic hydroxyl groups is 1. The van der Waals surface area contributed by atoms with Gasteiger partial charge in [-0.3, -0.25) is 0 Å². The molecule has 0 saturated heterocycles. The smallest absolute Gasteiger partial charge is 0.150 e. The van der Waals surface area contributed by atoms with Crippen molar-refractivity contribution in [2.45, 2.75) is 12.5 Å². The summed E-state index contributed by atoms with van der Waals surface area (Å²) < 4.78 is 34.5. The minimum atomic E-state index is -3.20. The molecule has 0 bridgehead atoms. The van der Waals surface area contributed by atoms with E-state index in [2.05, 4.69) is 0 Å². The highest BCUT2D eigenvalue weighted by molar-refractivity contribution is 7.90. The molecule has 0 aliphatic rings. The van der Waals surface area contributed by atoms with E-state index in [0.29, 0.717) is 5.56 Å².